The highest BCUT2D eigenvalue weighted by molar-refractivity contribution is 5.81. The van der Waals surface area contributed by atoms with Gasteiger partial charge >= 0.3 is 0 Å². The molecule has 0 unspecified atom stereocenters. The molecule has 4 rings (SSSR count). The average Bonchev–Trinajstić information content (AvgIpc) is 2.80. The molecule has 1 saturated heterocycles. The topological polar surface area (TPSA) is 65.5 Å². The molecule has 2 saturated carbocycles. The third-order valence-electron chi connectivity index (χ3n) is 6.96. The highest BCUT2D eigenvalue weighted by Crippen LogP contribution is 2.31. The summed E-state index contributed by atoms with van der Waals surface area (Å²) in [6.45, 7) is 3.19. The molecule has 1 aromatic heterocycles. The van der Waals surface area contributed by atoms with Crippen molar-refractivity contribution in [1.82, 2.24) is 15.2 Å². The standard InChI is InChI=1S/C23H34N4O2/c28-22(25-20-6-2-1-3-7-20)18-9-11-19(12-10-18)23(29)27-16-14-26(15-17-27)21-8-4-5-13-24-21/h4-5,8,13,18-20H,1-3,6-7,9-12,14-17H2,(H,25,28). The third kappa shape index (κ3) is 5.09. The molecule has 0 spiro atoms. The molecule has 2 amide bonds. The summed E-state index contributed by atoms with van der Waals surface area (Å²) in [4.78, 5) is 34.3. The average molecular weight is 399 g/mol. The van der Waals surface area contributed by atoms with Crippen molar-refractivity contribution in [2.24, 2.45) is 11.8 Å². The molecule has 2 heterocycles. The van der Waals surface area contributed by atoms with Crippen molar-refractivity contribution in [3.05, 3.63) is 24.4 Å². The summed E-state index contributed by atoms with van der Waals surface area (Å²) in [5.41, 5.74) is 0. The highest BCUT2D eigenvalue weighted by atomic mass is 16.2. The van der Waals surface area contributed by atoms with E-state index >= 15 is 0 Å². The molecule has 0 atom stereocenters. The lowest BCUT2D eigenvalue weighted by atomic mass is 9.80. The van der Waals surface area contributed by atoms with Gasteiger partial charge in [0.25, 0.3) is 0 Å². The predicted octanol–water partition coefficient (Wildman–Crippen LogP) is 2.99. The highest BCUT2D eigenvalue weighted by Gasteiger charge is 2.34. The van der Waals surface area contributed by atoms with Crippen molar-refractivity contribution in [3.8, 4) is 0 Å². The summed E-state index contributed by atoms with van der Waals surface area (Å²) in [6.07, 6.45) is 11.2. The first-order valence-corrected chi connectivity index (χ1v) is 11.5. The Morgan fingerprint density at radius 2 is 1.55 bits per heavy atom. The zero-order valence-electron chi connectivity index (χ0n) is 17.4. The van der Waals surface area contributed by atoms with Crippen LogP contribution in [-0.2, 0) is 9.59 Å². The first-order valence-electron chi connectivity index (χ1n) is 11.5. The molecule has 1 aliphatic heterocycles. The number of piperazine rings is 1. The quantitative estimate of drug-likeness (QED) is 0.847. The Hall–Kier alpha value is -2.11. The van der Waals surface area contributed by atoms with E-state index in [0.717, 1.165) is 70.5 Å². The summed E-state index contributed by atoms with van der Waals surface area (Å²) in [6, 6.07) is 6.33. The molecule has 0 radical (unpaired) electrons. The van der Waals surface area contributed by atoms with Crippen LogP contribution in [0.25, 0.3) is 0 Å². The van der Waals surface area contributed by atoms with Gasteiger partial charge in [0.15, 0.2) is 0 Å². The number of hydrogen-bond donors (Lipinski definition) is 1. The third-order valence-corrected chi connectivity index (χ3v) is 6.96. The van der Waals surface area contributed by atoms with Crippen LogP contribution in [0.15, 0.2) is 24.4 Å². The van der Waals surface area contributed by atoms with Gasteiger partial charge in [-0.25, -0.2) is 4.98 Å². The van der Waals surface area contributed by atoms with E-state index in [2.05, 4.69) is 15.2 Å². The number of aromatic nitrogens is 1. The van der Waals surface area contributed by atoms with Crippen LogP contribution < -0.4 is 10.2 Å². The van der Waals surface area contributed by atoms with Gasteiger partial charge in [0, 0.05) is 50.3 Å². The first kappa shape index (κ1) is 20.2. The van der Waals surface area contributed by atoms with Gasteiger partial charge in [-0.1, -0.05) is 25.3 Å². The number of amides is 2. The van der Waals surface area contributed by atoms with Crippen LogP contribution in [0.1, 0.15) is 57.8 Å². The van der Waals surface area contributed by atoms with E-state index in [4.69, 9.17) is 0 Å². The van der Waals surface area contributed by atoms with Gasteiger partial charge in [-0.2, -0.15) is 0 Å². The van der Waals surface area contributed by atoms with Gasteiger partial charge in [0.05, 0.1) is 0 Å². The van der Waals surface area contributed by atoms with Crippen LogP contribution in [0.2, 0.25) is 0 Å². The summed E-state index contributed by atoms with van der Waals surface area (Å²) in [7, 11) is 0. The summed E-state index contributed by atoms with van der Waals surface area (Å²) < 4.78 is 0. The minimum Gasteiger partial charge on any atom is -0.353 e. The Morgan fingerprint density at radius 3 is 2.21 bits per heavy atom. The fraction of sp³-hybridized carbons (Fsp3) is 0.696. The molecule has 2 aliphatic carbocycles. The van der Waals surface area contributed by atoms with E-state index < -0.39 is 0 Å². The molecule has 1 aromatic rings. The number of nitrogens with one attached hydrogen (secondary N) is 1. The van der Waals surface area contributed by atoms with Crippen LogP contribution >= 0.6 is 0 Å². The second kappa shape index (κ2) is 9.59. The number of pyridine rings is 1. The van der Waals surface area contributed by atoms with Gasteiger partial charge in [-0.15, -0.1) is 0 Å². The first-order chi connectivity index (χ1) is 14.2. The molecule has 0 bridgehead atoms. The van der Waals surface area contributed by atoms with E-state index in [1.54, 1.807) is 0 Å². The molecular formula is C23H34N4O2. The maximum Gasteiger partial charge on any atom is 0.225 e. The summed E-state index contributed by atoms with van der Waals surface area (Å²) >= 11 is 0. The van der Waals surface area contributed by atoms with Gasteiger partial charge in [-0.05, 0) is 50.7 Å². The van der Waals surface area contributed by atoms with E-state index in [1.807, 2.05) is 29.3 Å². The molecular weight excluding hydrogens is 364 g/mol. The van der Waals surface area contributed by atoms with Crippen molar-refractivity contribution < 1.29 is 9.59 Å². The number of carbonyl (C=O) groups excluding carboxylic acids is 2. The summed E-state index contributed by atoms with van der Waals surface area (Å²) in [5.74, 6) is 1.70. The second-order valence-corrected chi connectivity index (χ2v) is 8.89. The maximum absolute atomic E-state index is 13.0. The molecule has 6 nitrogen and oxygen atoms in total. The van der Waals surface area contributed by atoms with Crippen LogP contribution in [0.5, 0.6) is 0 Å². The molecule has 0 aromatic carbocycles. The van der Waals surface area contributed by atoms with Crippen LogP contribution in [0.3, 0.4) is 0 Å². The zero-order valence-corrected chi connectivity index (χ0v) is 17.4. The van der Waals surface area contributed by atoms with Crippen LogP contribution in [0.4, 0.5) is 5.82 Å². The Balaban J connectivity index is 1.20. The fourth-order valence-electron chi connectivity index (χ4n) is 5.12. The zero-order chi connectivity index (χ0) is 20.1. The number of rotatable bonds is 4. The molecule has 1 N–H and O–H groups in total. The van der Waals surface area contributed by atoms with E-state index in [9.17, 15) is 9.59 Å². The van der Waals surface area contributed by atoms with Crippen molar-refractivity contribution >= 4 is 17.6 Å². The Bertz CT molecular complexity index is 673. The molecule has 29 heavy (non-hydrogen) atoms. The molecule has 3 fully saturated rings. The smallest absolute Gasteiger partial charge is 0.225 e. The van der Waals surface area contributed by atoms with Crippen molar-refractivity contribution in [2.45, 2.75) is 63.8 Å². The van der Waals surface area contributed by atoms with Crippen molar-refractivity contribution in [1.29, 1.82) is 0 Å². The Morgan fingerprint density at radius 1 is 0.862 bits per heavy atom. The molecule has 3 aliphatic rings. The molecule has 158 valence electrons. The minimum absolute atomic E-state index is 0.0927. The van der Waals surface area contributed by atoms with Gasteiger partial charge in [-0.3, -0.25) is 9.59 Å². The van der Waals surface area contributed by atoms with Crippen LogP contribution in [-0.4, -0.2) is 53.9 Å². The minimum atomic E-state index is 0.0927. The number of hydrogen-bond acceptors (Lipinski definition) is 4. The molecule has 6 heteroatoms. The largest absolute Gasteiger partial charge is 0.353 e. The van der Waals surface area contributed by atoms with E-state index in [0.29, 0.717) is 6.04 Å². The van der Waals surface area contributed by atoms with E-state index in [1.165, 1.54) is 19.3 Å². The van der Waals surface area contributed by atoms with Crippen molar-refractivity contribution in [3.63, 3.8) is 0 Å². The van der Waals surface area contributed by atoms with E-state index in [-0.39, 0.29) is 23.7 Å². The lowest BCUT2D eigenvalue weighted by Gasteiger charge is -2.38. The number of anilines is 1. The van der Waals surface area contributed by atoms with Gasteiger partial charge in [0.2, 0.25) is 11.8 Å². The van der Waals surface area contributed by atoms with Gasteiger partial charge < -0.3 is 15.1 Å². The number of carbonyl (C=O) groups is 2. The van der Waals surface area contributed by atoms with Gasteiger partial charge in [0.1, 0.15) is 5.82 Å². The fourth-order valence-corrected chi connectivity index (χ4v) is 5.12. The van der Waals surface area contributed by atoms with Crippen LogP contribution in [0, 0.1) is 11.8 Å². The maximum atomic E-state index is 13.0. The lowest BCUT2D eigenvalue weighted by Crippen LogP contribution is -2.51. The second-order valence-electron chi connectivity index (χ2n) is 8.89. The lowest BCUT2D eigenvalue weighted by molar-refractivity contribution is -0.138. The normalized spacial score (nSPS) is 26.2. The number of nitrogens with zero attached hydrogens (tertiary/aromatic N) is 3. The Kier molecular flexibility index (Phi) is 6.67. The Labute approximate surface area is 174 Å². The monoisotopic (exact) mass is 398 g/mol. The van der Waals surface area contributed by atoms with Crippen molar-refractivity contribution in [2.75, 3.05) is 31.1 Å². The SMILES string of the molecule is O=C(NC1CCCCC1)C1CCC(C(=O)N2CCN(c3ccccn3)CC2)CC1. The predicted molar refractivity (Wildman–Crippen MR) is 113 cm³/mol. The summed E-state index contributed by atoms with van der Waals surface area (Å²) in [5, 5.41) is 3.27.